The molecular weight excluding hydrogens is 392 g/mol. The number of benzene rings is 1. The molecule has 0 radical (unpaired) electrons. The second kappa shape index (κ2) is 10.1. The van der Waals surface area contributed by atoms with Gasteiger partial charge in [-0.3, -0.25) is 9.59 Å². The largest absolute Gasteiger partial charge is 0.484 e. The molecule has 1 aromatic heterocycles. The number of anilines is 1. The third-order valence-corrected chi connectivity index (χ3v) is 5.74. The molecule has 0 bridgehead atoms. The lowest BCUT2D eigenvalue weighted by atomic mass is 9.97. The van der Waals surface area contributed by atoms with Gasteiger partial charge in [0.05, 0.1) is 12.7 Å². The molecule has 0 saturated heterocycles. The van der Waals surface area contributed by atoms with Crippen LogP contribution in [0.3, 0.4) is 0 Å². The zero-order valence-electron chi connectivity index (χ0n) is 17.0. The summed E-state index contributed by atoms with van der Waals surface area (Å²) < 4.78 is 10.2. The second-order valence-corrected chi connectivity index (χ2v) is 7.73. The van der Waals surface area contributed by atoms with Crippen molar-refractivity contribution in [1.29, 1.82) is 0 Å². The summed E-state index contributed by atoms with van der Waals surface area (Å²) in [6.45, 7) is 5.66. The molecule has 0 spiro atoms. The minimum Gasteiger partial charge on any atom is -0.484 e. The molecular formula is C21H26N2O5S. The Morgan fingerprint density at radius 3 is 2.41 bits per heavy atom. The highest BCUT2D eigenvalue weighted by molar-refractivity contribution is 7.18. The Morgan fingerprint density at radius 2 is 1.86 bits per heavy atom. The van der Waals surface area contributed by atoms with Crippen LogP contribution >= 0.6 is 11.3 Å². The summed E-state index contributed by atoms with van der Waals surface area (Å²) in [7, 11) is 1.24. The topological polar surface area (TPSA) is 108 Å². The van der Waals surface area contributed by atoms with Crippen LogP contribution < -0.4 is 15.8 Å². The molecule has 2 rings (SSSR count). The van der Waals surface area contributed by atoms with E-state index in [9.17, 15) is 14.4 Å². The molecule has 2 aromatic rings. The number of carbonyl (C=O) groups is 3. The minimum atomic E-state index is -0.734. The summed E-state index contributed by atoms with van der Waals surface area (Å²) >= 11 is 0.944. The number of thiophene rings is 1. The van der Waals surface area contributed by atoms with Gasteiger partial charge in [-0.25, -0.2) is 4.79 Å². The maximum absolute atomic E-state index is 12.3. The molecule has 0 aliphatic carbocycles. The molecule has 8 heteroatoms. The molecule has 1 heterocycles. The van der Waals surface area contributed by atoms with Gasteiger partial charge in [0, 0.05) is 0 Å². The Morgan fingerprint density at radius 1 is 1.21 bits per heavy atom. The molecule has 2 amide bonds. The van der Waals surface area contributed by atoms with E-state index in [-0.39, 0.29) is 22.0 Å². The number of methoxy groups -OCH3 is 1. The molecule has 0 saturated carbocycles. The third-order valence-electron chi connectivity index (χ3n) is 4.56. The number of hydrogen-bond acceptors (Lipinski definition) is 6. The Bertz CT molecular complexity index is 889. The van der Waals surface area contributed by atoms with Crippen LogP contribution in [0.1, 0.15) is 63.8 Å². The summed E-state index contributed by atoms with van der Waals surface area (Å²) in [5.74, 6) is -0.754. The van der Waals surface area contributed by atoms with Gasteiger partial charge in [0.2, 0.25) is 0 Å². The van der Waals surface area contributed by atoms with Crippen molar-refractivity contribution in [2.24, 2.45) is 5.73 Å². The molecule has 156 valence electrons. The van der Waals surface area contributed by atoms with Crippen LogP contribution in [0.25, 0.3) is 0 Å². The van der Waals surface area contributed by atoms with Crippen LogP contribution in [-0.2, 0) is 9.53 Å². The number of ether oxygens (including phenoxy) is 2. The molecule has 7 nitrogen and oxygen atoms in total. The Kier molecular flexibility index (Phi) is 7.78. The molecule has 0 unspecified atom stereocenters. The number of rotatable bonds is 9. The Labute approximate surface area is 174 Å². The van der Waals surface area contributed by atoms with E-state index < -0.39 is 17.8 Å². The van der Waals surface area contributed by atoms with Gasteiger partial charge in [0.15, 0.2) is 6.61 Å². The first-order chi connectivity index (χ1) is 13.8. The molecule has 0 aliphatic rings. The number of carbonyl (C=O) groups excluding carboxylic acids is 3. The monoisotopic (exact) mass is 418 g/mol. The lowest BCUT2D eigenvalue weighted by Crippen LogP contribution is -2.22. The van der Waals surface area contributed by atoms with Gasteiger partial charge >= 0.3 is 5.97 Å². The summed E-state index contributed by atoms with van der Waals surface area (Å²) in [6, 6.07) is 7.64. The van der Waals surface area contributed by atoms with E-state index in [1.54, 1.807) is 6.92 Å². The Balaban J connectivity index is 2.04. The van der Waals surface area contributed by atoms with Crippen LogP contribution in [0, 0.1) is 6.92 Å². The van der Waals surface area contributed by atoms with Crippen LogP contribution in [-0.4, -0.2) is 31.5 Å². The smallest absolute Gasteiger partial charge is 0.348 e. The second-order valence-electron chi connectivity index (χ2n) is 6.71. The van der Waals surface area contributed by atoms with E-state index in [1.165, 1.54) is 12.7 Å². The first-order valence-corrected chi connectivity index (χ1v) is 10.1. The van der Waals surface area contributed by atoms with Gasteiger partial charge in [-0.1, -0.05) is 32.4 Å². The molecule has 29 heavy (non-hydrogen) atoms. The van der Waals surface area contributed by atoms with Crippen LogP contribution in [0.5, 0.6) is 5.75 Å². The van der Waals surface area contributed by atoms with Crippen molar-refractivity contribution in [2.75, 3.05) is 19.0 Å². The molecule has 1 aromatic carbocycles. The lowest BCUT2D eigenvalue weighted by molar-refractivity contribution is -0.118. The normalized spacial score (nSPS) is 11.6. The maximum atomic E-state index is 12.3. The average Bonchev–Trinajstić information content (AvgIpc) is 3.02. The quantitative estimate of drug-likeness (QED) is 0.601. The van der Waals surface area contributed by atoms with E-state index in [2.05, 4.69) is 19.2 Å². The number of primary amides is 1. The fourth-order valence-corrected chi connectivity index (χ4v) is 4.14. The number of amides is 2. The van der Waals surface area contributed by atoms with E-state index in [0.29, 0.717) is 17.2 Å². The van der Waals surface area contributed by atoms with E-state index in [1.807, 2.05) is 24.3 Å². The predicted octanol–water partition coefficient (Wildman–Crippen LogP) is 3.86. The van der Waals surface area contributed by atoms with Gasteiger partial charge in [0.25, 0.3) is 11.8 Å². The summed E-state index contributed by atoms with van der Waals surface area (Å²) in [6.07, 6.45) is 2.23. The van der Waals surface area contributed by atoms with Crippen LogP contribution in [0.2, 0.25) is 0 Å². The minimum absolute atomic E-state index is 0.0954. The summed E-state index contributed by atoms with van der Waals surface area (Å²) in [5, 5.41) is 2.80. The van der Waals surface area contributed by atoms with Crippen LogP contribution in [0.15, 0.2) is 24.3 Å². The first-order valence-electron chi connectivity index (χ1n) is 9.32. The third kappa shape index (κ3) is 5.57. The van der Waals surface area contributed by atoms with Gasteiger partial charge in [-0.05, 0) is 42.5 Å². The predicted molar refractivity (Wildman–Crippen MR) is 113 cm³/mol. The molecule has 0 aliphatic heterocycles. The van der Waals surface area contributed by atoms with Crippen molar-refractivity contribution >= 4 is 34.1 Å². The van der Waals surface area contributed by atoms with Crippen LogP contribution in [0.4, 0.5) is 5.00 Å². The number of nitrogens with two attached hydrogens (primary N) is 1. The number of nitrogens with one attached hydrogen (secondary N) is 1. The zero-order valence-corrected chi connectivity index (χ0v) is 17.9. The van der Waals surface area contributed by atoms with Gasteiger partial charge in [-0.2, -0.15) is 0 Å². The van der Waals surface area contributed by atoms with Gasteiger partial charge in [-0.15, -0.1) is 11.3 Å². The van der Waals surface area contributed by atoms with Crippen molar-refractivity contribution in [3.63, 3.8) is 0 Å². The van der Waals surface area contributed by atoms with E-state index >= 15 is 0 Å². The SMILES string of the molecule is CCC[C@H](C)c1ccc(OCC(=O)Nc2sc(C(=O)OC)c(C)c2C(N)=O)cc1. The maximum Gasteiger partial charge on any atom is 0.348 e. The number of esters is 1. The summed E-state index contributed by atoms with van der Waals surface area (Å²) in [5.41, 5.74) is 7.10. The van der Waals surface area contributed by atoms with E-state index in [4.69, 9.17) is 15.2 Å². The van der Waals surface area contributed by atoms with E-state index in [0.717, 1.165) is 24.2 Å². The Hall–Kier alpha value is -2.87. The fourth-order valence-electron chi connectivity index (χ4n) is 2.99. The van der Waals surface area contributed by atoms with Crippen molar-refractivity contribution in [2.45, 2.75) is 39.5 Å². The molecule has 1 atom stereocenters. The van der Waals surface area contributed by atoms with Gasteiger partial charge < -0.3 is 20.5 Å². The average molecular weight is 419 g/mol. The lowest BCUT2D eigenvalue weighted by Gasteiger charge is -2.12. The van der Waals surface area contributed by atoms with Crippen molar-refractivity contribution in [1.82, 2.24) is 0 Å². The van der Waals surface area contributed by atoms with Crippen molar-refractivity contribution in [3.05, 3.63) is 45.8 Å². The van der Waals surface area contributed by atoms with Gasteiger partial charge in [0.1, 0.15) is 15.6 Å². The highest BCUT2D eigenvalue weighted by Gasteiger charge is 2.24. The first kappa shape index (κ1) is 22.4. The standard InChI is InChI=1S/C21H26N2O5S/c1-5-6-12(2)14-7-9-15(10-8-14)28-11-16(24)23-20-17(19(22)25)13(3)18(29-20)21(26)27-4/h7-10,12H,5-6,11H2,1-4H3,(H2,22,25)(H,23,24)/t12-/m0/s1. The molecule has 0 fully saturated rings. The number of hydrogen-bond donors (Lipinski definition) is 2. The fraction of sp³-hybridized carbons (Fsp3) is 0.381. The molecule has 3 N–H and O–H groups in total. The zero-order chi connectivity index (χ0) is 21.6. The van der Waals surface area contributed by atoms with Crippen molar-refractivity contribution in [3.8, 4) is 5.75 Å². The highest BCUT2D eigenvalue weighted by atomic mass is 32.1. The van der Waals surface area contributed by atoms with Crippen molar-refractivity contribution < 1.29 is 23.9 Å². The highest BCUT2D eigenvalue weighted by Crippen LogP contribution is 2.33. The summed E-state index contributed by atoms with van der Waals surface area (Å²) in [4.78, 5) is 36.1.